The number of hydrogen-bond donors (Lipinski definition) is 0. The third kappa shape index (κ3) is 3.99. The van der Waals surface area contributed by atoms with E-state index in [0.29, 0.717) is 5.92 Å². The van der Waals surface area contributed by atoms with Crippen LogP contribution in [-0.4, -0.2) is 42.5 Å². The van der Waals surface area contributed by atoms with Gasteiger partial charge in [-0.1, -0.05) is 0 Å². The predicted molar refractivity (Wildman–Crippen MR) is 61.1 cm³/mol. The van der Waals surface area contributed by atoms with Crippen LogP contribution >= 0.6 is 11.6 Å². The third-order valence-corrected chi connectivity index (χ3v) is 2.92. The van der Waals surface area contributed by atoms with Crippen molar-refractivity contribution in [2.24, 2.45) is 5.92 Å². The maximum absolute atomic E-state index is 11.7. The Labute approximate surface area is 96.7 Å². The number of amides is 1. The molecule has 0 aliphatic carbocycles. The van der Waals surface area contributed by atoms with Crippen molar-refractivity contribution in [1.82, 2.24) is 4.90 Å². The van der Waals surface area contributed by atoms with E-state index >= 15 is 0 Å². The van der Waals surface area contributed by atoms with Gasteiger partial charge in [0.1, 0.15) is 5.38 Å². The summed E-state index contributed by atoms with van der Waals surface area (Å²) in [4.78, 5) is 13.5. The molecule has 3 nitrogen and oxygen atoms in total. The molecule has 0 aromatic carbocycles. The van der Waals surface area contributed by atoms with Crippen molar-refractivity contribution in [3.05, 3.63) is 0 Å². The van der Waals surface area contributed by atoms with Gasteiger partial charge in [-0.25, -0.2) is 0 Å². The Balaban J connectivity index is 2.38. The van der Waals surface area contributed by atoms with Crippen LogP contribution in [0.5, 0.6) is 0 Å². The Hall–Kier alpha value is -0.280. The molecule has 0 unspecified atom stereocenters. The van der Waals surface area contributed by atoms with E-state index in [1.54, 1.807) is 6.92 Å². The van der Waals surface area contributed by atoms with Gasteiger partial charge in [-0.3, -0.25) is 4.79 Å². The Morgan fingerprint density at radius 1 is 1.67 bits per heavy atom. The molecule has 0 saturated carbocycles. The minimum absolute atomic E-state index is 0.0536. The van der Waals surface area contributed by atoms with Crippen LogP contribution in [0, 0.1) is 5.92 Å². The minimum Gasteiger partial charge on any atom is -0.381 e. The van der Waals surface area contributed by atoms with Crippen molar-refractivity contribution in [2.75, 3.05) is 26.3 Å². The van der Waals surface area contributed by atoms with Crippen molar-refractivity contribution < 1.29 is 9.53 Å². The summed E-state index contributed by atoms with van der Waals surface area (Å²) in [5.41, 5.74) is 0. The molecule has 1 fully saturated rings. The van der Waals surface area contributed by atoms with Crippen LogP contribution < -0.4 is 0 Å². The van der Waals surface area contributed by atoms with Crippen LogP contribution in [0.25, 0.3) is 0 Å². The van der Waals surface area contributed by atoms with Gasteiger partial charge in [-0.2, -0.15) is 0 Å². The molecule has 0 radical (unpaired) electrons. The lowest BCUT2D eigenvalue weighted by Crippen LogP contribution is -2.43. The first-order valence-corrected chi connectivity index (χ1v) is 6.09. The lowest BCUT2D eigenvalue weighted by molar-refractivity contribution is -0.132. The van der Waals surface area contributed by atoms with Crippen LogP contribution in [0.1, 0.15) is 26.7 Å². The molecular formula is C11H20ClNO2. The molecule has 0 bridgehead atoms. The van der Waals surface area contributed by atoms with Crippen molar-refractivity contribution in [2.45, 2.75) is 32.1 Å². The second-order valence-electron chi connectivity index (χ2n) is 4.07. The number of alkyl halides is 1. The first-order valence-electron chi connectivity index (χ1n) is 5.65. The van der Waals surface area contributed by atoms with Crippen LogP contribution in [0.4, 0.5) is 0 Å². The fourth-order valence-electron chi connectivity index (χ4n) is 1.94. The molecule has 1 saturated heterocycles. The summed E-state index contributed by atoms with van der Waals surface area (Å²) in [6.07, 6.45) is 2.22. The van der Waals surface area contributed by atoms with Crippen LogP contribution in [-0.2, 0) is 9.53 Å². The zero-order valence-corrected chi connectivity index (χ0v) is 10.3. The van der Waals surface area contributed by atoms with Gasteiger partial charge in [0, 0.05) is 19.7 Å². The normalized spacial score (nSPS) is 23.9. The molecule has 1 aliphatic rings. The summed E-state index contributed by atoms with van der Waals surface area (Å²) in [5.74, 6) is 0.538. The molecule has 0 aromatic heterocycles. The molecule has 0 spiro atoms. The zero-order chi connectivity index (χ0) is 11.3. The highest BCUT2D eigenvalue weighted by Gasteiger charge is 2.25. The number of ether oxygens (including phenoxy) is 1. The Morgan fingerprint density at radius 3 is 3.00 bits per heavy atom. The largest absolute Gasteiger partial charge is 0.381 e. The molecule has 1 amide bonds. The zero-order valence-electron chi connectivity index (χ0n) is 9.54. The number of piperidine rings is 1. The van der Waals surface area contributed by atoms with E-state index < -0.39 is 5.38 Å². The maximum Gasteiger partial charge on any atom is 0.240 e. The van der Waals surface area contributed by atoms with Gasteiger partial charge in [-0.15, -0.1) is 11.6 Å². The summed E-state index contributed by atoms with van der Waals surface area (Å²) in [6.45, 7) is 6.88. The number of carbonyl (C=O) groups is 1. The van der Waals surface area contributed by atoms with Gasteiger partial charge in [0.05, 0.1) is 6.61 Å². The number of rotatable bonds is 4. The molecule has 4 heteroatoms. The third-order valence-electron chi connectivity index (χ3n) is 2.73. The van der Waals surface area contributed by atoms with Crippen LogP contribution in [0.15, 0.2) is 0 Å². The lowest BCUT2D eigenvalue weighted by atomic mass is 9.99. The van der Waals surface area contributed by atoms with Gasteiger partial charge in [0.15, 0.2) is 0 Å². The molecule has 1 heterocycles. The van der Waals surface area contributed by atoms with Crippen molar-refractivity contribution in [1.29, 1.82) is 0 Å². The maximum atomic E-state index is 11.7. The second-order valence-corrected chi connectivity index (χ2v) is 4.72. The number of likely N-dealkylation sites (tertiary alicyclic amines) is 1. The van der Waals surface area contributed by atoms with Gasteiger partial charge < -0.3 is 9.64 Å². The predicted octanol–water partition coefficient (Wildman–Crippen LogP) is 1.89. The summed E-state index contributed by atoms with van der Waals surface area (Å²) >= 11 is 5.79. The smallest absolute Gasteiger partial charge is 0.240 e. The molecule has 0 N–H and O–H groups in total. The van der Waals surface area contributed by atoms with Crippen LogP contribution in [0.2, 0.25) is 0 Å². The van der Waals surface area contributed by atoms with E-state index in [4.69, 9.17) is 16.3 Å². The number of nitrogens with zero attached hydrogens (tertiary/aromatic N) is 1. The monoisotopic (exact) mass is 233 g/mol. The van der Waals surface area contributed by atoms with E-state index in [2.05, 4.69) is 0 Å². The van der Waals surface area contributed by atoms with E-state index in [1.807, 2.05) is 11.8 Å². The van der Waals surface area contributed by atoms with Gasteiger partial charge >= 0.3 is 0 Å². The standard InChI is InChI=1S/C11H20ClNO2/c1-3-15-8-10-5-4-6-13(7-10)11(14)9(2)12/h9-10H,3-8H2,1-2H3/t9-,10-/m0/s1. The molecule has 1 rings (SSSR count). The van der Waals surface area contributed by atoms with Crippen LogP contribution in [0.3, 0.4) is 0 Å². The van der Waals surface area contributed by atoms with Crippen molar-refractivity contribution >= 4 is 17.5 Å². The Morgan fingerprint density at radius 2 is 2.40 bits per heavy atom. The van der Waals surface area contributed by atoms with Gasteiger partial charge in [-0.05, 0) is 32.6 Å². The summed E-state index contributed by atoms with van der Waals surface area (Å²) in [7, 11) is 0. The topological polar surface area (TPSA) is 29.5 Å². The number of hydrogen-bond acceptors (Lipinski definition) is 2. The highest BCUT2D eigenvalue weighted by atomic mass is 35.5. The molecule has 15 heavy (non-hydrogen) atoms. The average Bonchev–Trinajstić information content (AvgIpc) is 2.25. The van der Waals surface area contributed by atoms with Crippen molar-refractivity contribution in [3.8, 4) is 0 Å². The summed E-state index contributed by atoms with van der Waals surface area (Å²) in [5, 5.41) is -0.407. The quantitative estimate of drug-likeness (QED) is 0.694. The SMILES string of the molecule is CCOC[C@H]1CCCN(C(=O)[C@H](C)Cl)C1. The summed E-state index contributed by atoms with van der Waals surface area (Å²) < 4.78 is 5.39. The highest BCUT2D eigenvalue weighted by molar-refractivity contribution is 6.30. The van der Waals surface area contributed by atoms with Crippen molar-refractivity contribution in [3.63, 3.8) is 0 Å². The van der Waals surface area contributed by atoms with Gasteiger partial charge in [0.25, 0.3) is 0 Å². The van der Waals surface area contributed by atoms with E-state index in [0.717, 1.165) is 39.1 Å². The average molecular weight is 234 g/mol. The first kappa shape index (κ1) is 12.8. The van der Waals surface area contributed by atoms with E-state index in [1.165, 1.54) is 0 Å². The fraction of sp³-hybridized carbons (Fsp3) is 0.909. The Bertz CT molecular complexity index is 209. The molecular weight excluding hydrogens is 214 g/mol. The molecule has 1 aliphatic heterocycles. The number of halogens is 1. The Kier molecular flexibility index (Phi) is 5.40. The van der Waals surface area contributed by atoms with E-state index in [9.17, 15) is 4.79 Å². The first-order chi connectivity index (χ1) is 7.15. The highest BCUT2D eigenvalue weighted by Crippen LogP contribution is 2.18. The lowest BCUT2D eigenvalue weighted by Gasteiger charge is -2.33. The number of carbonyl (C=O) groups excluding carboxylic acids is 1. The second kappa shape index (κ2) is 6.33. The minimum atomic E-state index is -0.407. The summed E-state index contributed by atoms with van der Waals surface area (Å²) in [6, 6.07) is 0. The fourth-order valence-corrected chi connectivity index (χ4v) is 2.08. The molecule has 88 valence electrons. The molecule has 0 aromatic rings. The van der Waals surface area contributed by atoms with Gasteiger partial charge in [0.2, 0.25) is 5.91 Å². The van der Waals surface area contributed by atoms with E-state index in [-0.39, 0.29) is 5.91 Å². The molecule has 2 atom stereocenters.